The summed E-state index contributed by atoms with van der Waals surface area (Å²) in [5.41, 5.74) is 4.29. The topological polar surface area (TPSA) is 93.5 Å². The summed E-state index contributed by atoms with van der Waals surface area (Å²) in [6.45, 7) is 1.48. The van der Waals surface area contributed by atoms with Gasteiger partial charge in [-0.25, -0.2) is 0 Å². The summed E-state index contributed by atoms with van der Waals surface area (Å²) in [6, 6.07) is 7.73. The van der Waals surface area contributed by atoms with Crippen LogP contribution in [0.5, 0.6) is 0 Å². The first kappa shape index (κ1) is 13.4. The number of ether oxygens (including phenoxy) is 1. The number of carbonyl (C=O) groups excluding carboxylic acids is 2. The number of benzene rings is 1. The molecular formula is C12H13N3O3S. The molecule has 0 bridgehead atoms. The molecule has 1 aliphatic rings. The highest BCUT2D eigenvalue weighted by Crippen LogP contribution is 2.26. The van der Waals surface area contributed by atoms with Crippen LogP contribution in [0.25, 0.3) is 0 Å². The Kier molecular flexibility index (Phi) is 3.50. The Hall–Kier alpha value is -1.99. The van der Waals surface area contributed by atoms with E-state index in [1.54, 1.807) is 30.3 Å². The zero-order valence-electron chi connectivity index (χ0n) is 10.2. The minimum absolute atomic E-state index is 0.103. The Bertz CT molecular complexity index is 532. The second-order valence-corrected chi connectivity index (χ2v) is 4.57. The summed E-state index contributed by atoms with van der Waals surface area (Å²) >= 11 is 4.90. The Morgan fingerprint density at radius 3 is 2.53 bits per heavy atom. The third-order valence-corrected chi connectivity index (χ3v) is 2.85. The van der Waals surface area contributed by atoms with Crippen LogP contribution in [0.3, 0.4) is 0 Å². The maximum atomic E-state index is 12.1. The van der Waals surface area contributed by atoms with Crippen LogP contribution in [0.2, 0.25) is 0 Å². The molecule has 1 fully saturated rings. The van der Waals surface area contributed by atoms with Crippen molar-refractivity contribution in [3.63, 3.8) is 0 Å². The highest BCUT2D eigenvalue weighted by atomic mass is 32.1. The summed E-state index contributed by atoms with van der Waals surface area (Å²) in [6.07, 6.45) is 0. The largest absolute Gasteiger partial charge is 0.424 e. The van der Waals surface area contributed by atoms with Gasteiger partial charge >= 0.3 is 5.97 Å². The molecule has 1 amide bonds. The van der Waals surface area contributed by atoms with E-state index in [0.717, 1.165) is 0 Å². The molecule has 1 heterocycles. The molecule has 19 heavy (non-hydrogen) atoms. The fourth-order valence-corrected chi connectivity index (χ4v) is 1.93. The molecule has 0 saturated carbocycles. The number of rotatable bonds is 3. The molecule has 0 aliphatic carbocycles. The lowest BCUT2D eigenvalue weighted by Crippen LogP contribution is -2.50. The van der Waals surface area contributed by atoms with Gasteiger partial charge in [-0.05, 0) is 19.1 Å². The molecule has 2 rings (SSSR count). The maximum Gasteiger partial charge on any atom is 0.325 e. The smallest absolute Gasteiger partial charge is 0.325 e. The van der Waals surface area contributed by atoms with Crippen LogP contribution in [-0.4, -0.2) is 23.0 Å². The van der Waals surface area contributed by atoms with Crippen LogP contribution in [0.15, 0.2) is 30.3 Å². The molecule has 1 aromatic rings. The van der Waals surface area contributed by atoms with Gasteiger partial charge in [-0.15, -0.1) is 0 Å². The van der Waals surface area contributed by atoms with Gasteiger partial charge < -0.3 is 15.8 Å². The van der Waals surface area contributed by atoms with E-state index in [4.69, 9.17) is 22.7 Å². The Morgan fingerprint density at radius 2 is 2.05 bits per heavy atom. The van der Waals surface area contributed by atoms with Gasteiger partial charge in [-0.1, -0.05) is 30.3 Å². The van der Waals surface area contributed by atoms with E-state index in [-0.39, 0.29) is 5.11 Å². The van der Waals surface area contributed by atoms with Gasteiger partial charge in [0.2, 0.25) is 0 Å². The summed E-state index contributed by atoms with van der Waals surface area (Å²) < 4.78 is 5.25. The minimum atomic E-state index is -1.65. The van der Waals surface area contributed by atoms with Crippen molar-refractivity contribution in [2.45, 2.75) is 18.7 Å². The summed E-state index contributed by atoms with van der Waals surface area (Å²) in [4.78, 5) is 23.8. The Morgan fingerprint density at radius 1 is 1.42 bits per heavy atom. The maximum absolute atomic E-state index is 12.1. The van der Waals surface area contributed by atoms with Crippen LogP contribution >= 0.6 is 12.2 Å². The predicted octanol–water partition coefficient (Wildman–Crippen LogP) is -0.266. The minimum Gasteiger partial charge on any atom is -0.424 e. The van der Waals surface area contributed by atoms with Crippen LogP contribution in [0, 0.1) is 0 Å². The normalized spacial score (nSPS) is 23.5. The van der Waals surface area contributed by atoms with Gasteiger partial charge in [-0.2, -0.15) is 0 Å². The summed E-state index contributed by atoms with van der Waals surface area (Å²) in [5, 5.41) is 5.21. The second-order valence-electron chi connectivity index (χ2n) is 4.17. The van der Waals surface area contributed by atoms with Gasteiger partial charge in [0.15, 0.2) is 5.11 Å². The molecule has 6 nitrogen and oxygen atoms in total. The van der Waals surface area contributed by atoms with E-state index in [2.05, 4.69) is 10.6 Å². The van der Waals surface area contributed by atoms with E-state index in [9.17, 15) is 9.59 Å². The monoisotopic (exact) mass is 279 g/mol. The lowest BCUT2D eigenvalue weighted by molar-refractivity contribution is -0.170. The van der Waals surface area contributed by atoms with Crippen molar-refractivity contribution in [1.82, 2.24) is 10.6 Å². The highest BCUT2D eigenvalue weighted by Gasteiger charge is 2.50. The summed E-state index contributed by atoms with van der Waals surface area (Å²) in [7, 11) is 0. The average Bonchev–Trinajstić information content (AvgIpc) is 2.66. The van der Waals surface area contributed by atoms with Crippen molar-refractivity contribution >= 4 is 29.2 Å². The molecule has 1 unspecified atom stereocenters. The SMILES string of the molecule is C[C@H](N)C(=O)OC1(c2ccccc2)NC(=S)NC1=O. The molecule has 7 heteroatoms. The van der Waals surface area contributed by atoms with E-state index >= 15 is 0 Å². The van der Waals surface area contributed by atoms with Crippen molar-refractivity contribution < 1.29 is 14.3 Å². The number of hydrogen-bond donors (Lipinski definition) is 3. The van der Waals surface area contributed by atoms with Gasteiger partial charge in [0.05, 0.1) is 0 Å². The first-order valence-electron chi connectivity index (χ1n) is 5.63. The average molecular weight is 279 g/mol. The number of amides is 1. The van der Waals surface area contributed by atoms with Crippen molar-refractivity contribution in [2.24, 2.45) is 5.73 Å². The third kappa shape index (κ3) is 2.42. The Balaban J connectivity index is 2.43. The first-order valence-corrected chi connectivity index (χ1v) is 6.04. The number of esters is 1. The number of nitrogens with one attached hydrogen (secondary N) is 2. The zero-order valence-corrected chi connectivity index (χ0v) is 11.0. The van der Waals surface area contributed by atoms with Gasteiger partial charge in [-0.3, -0.25) is 14.9 Å². The van der Waals surface area contributed by atoms with Crippen LogP contribution < -0.4 is 16.4 Å². The molecule has 0 aromatic heterocycles. The molecule has 4 N–H and O–H groups in total. The molecule has 0 spiro atoms. The molecule has 1 aliphatic heterocycles. The van der Waals surface area contributed by atoms with Crippen molar-refractivity contribution in [2.75, 3.05) is 0 Å². The van der Waals surface area contributed by atoms with E-state index in [0.29, 0.717) is 5.56 Å². The molecule has 1 aromatic carbocycles. The number of thiocarbonyl (C=S) groups is 1. The van der Waals surface area contributed by atoms with Crippen LogP contribution in [0.1, 0.15) is 12.5 Å². The van der Waals surface area contributed by atoms with Crippen LogP contribution in [0.4, 0.5) is 0 Å². The third-order valence-electron chi connectivity index (χ3n) is 2.64. The fraction of sp³-hybridized carbons (Fsp3) is 0.250. The standard InChI is InChI=1S/C12H13N3O3S/c1-7(13)9(16)18-12(8-5-3-2-4-6-8)10(17)14-11(19)15-12/h2-7H,13H2,1H3,(H2,14,15,17,19)/t7-,12?/m0/s1. The van der Waals surface area contributed by atoms with Crippen molar-refractivity contribution in [3.05, 3.63) is 35.9 Å². The number of hydrogen-bond acceptors (Lipinski definition) is 5. The molecular weight excluding hydrogens is 266 g/mol. The highest BCUT2D eigenvalue weighted by molar-refractivity contribution is 7.80. The van der Waals surface area contributed by atoms with E-state index in [1.807, 2.05) is 0 Å². The molecule has 2 atom stereocenters. The van der Waals surface area contributed by atoms with Crippen molar-refractivity contribution in [1.29, 1.82) is 0 Å². The quantitative estimate of drug-likeness (QED) is 0.521. The molecule has 100 valence electrons. The van der Waals surface area contributed by atoms with Gasteiger partial charge in [0, 0.05) is 5.56 Å². The number of nitrogens with two attached hydrogens (primary N) is 1. The number of carbonyl (C=O) groups is 2. The van der Waals surface area contributed by atoms with Crippen LogP contribution in [-0.2, 0) is 20.1 Å². The fourth-order valence-electron chi connectivity index (χ4n) is 1.69. The Labute approximate surface area is 115 Å². The predicted molar refractivity (Wildman–Crippen MR) is 71.7 cm³/mol. The second kappa shape index (κ2) is 4.94. The van der Waals surface area contributed by atoms with Gasteiger partial charge in [0.1, 0.15) is 6.04 Å². The van der Waals surface area contributed by atoms with Gasteiger partial charge in [0.25, 0.3) is 11.6 Å². The molecule has 1 saturated heterocycles. The molecule has 0 radical (unpaired) electrons. The zero-order chi connectivity index (χ0) is 14.0. The first-order chi connectivity index (χ1) is 8.95. The lowest BCUT2D eigenvalue weighted by Gasteiger charge is -2.27. The van der Waals surface area contributed by atoms with E-state index < -0.39 is 23.6 Å². The summed E-state index contributed by atoms with van der Waals surface area (Å²) in [5.74, 6) is -1.24. The van der Waals surface area contributed by atoms with Crippen molar-refractivity contribution in [3.8, 4) is 0 Å². The lowest BCUT2D eigenvalue weighted by atomic mass is 10.0. The van der Waals surface area contributed by atoms with E-state index in [1.165, 1.54) is 6.92 Å².